The normalized spacial score (nSPS) is 17.1. The third kappa shape index (κ3) is 4.33. The fourth-order valence-corrected chi connectivity index (χ4v) is 4.87. The van der Waals surface area contributed by atoms with Crippen molar-refractivity contribution in [2.24, 2.45) is 0 Å². The van der Waals surface area contributed by atoms with E-state index in [4.69, 9.17) is 23.2 Å². The Morgan fingerprint density at radius 2 is 1.96 bits per heavy atom. The summed E-state index contributed by atoms with van der Waals surface area (Å²) in [6.07, 6.45) is 3.41. The molecule has 2 nitrogen and oxygen atoms in total. The Hall–Kier alpha value is -1.16. The zero-order valence-corrected chi connectivity index (χ0v) is 16.5. The van der Waals surface area contributed by atoms with Crippen molar-refractivity contribution in [1.29, 1.82) is 0 Å². The Morgan fingerprint density at radius 1 is 1.20 bits per heavy atom. The van der Waals surface area contributed by atoms with Crippen LogP contribution in [0.25, 0.3) is 0 Å². The van der Waals surface area contributed by atoms with E-state index in [9.17, 15) is 4.79 Å². The van der Waals surface area contributed by atoms with Gasteiger partial charge in [-0.2, -0.15) is 0 Å². The molecule has 0 bridgehead atoms. The van der Waals surface area contributed by atoms with Crippen LogP contribution in [0.15, 0.2) is 42.5 Å². The summed E-state index contributed by atoms with van der Waals surface area (Å²) < 4.78 is 0. The Bertz CT molecular complexity index is 748. The second kappa shape index (κ2) is 8.48. The minimum absolute atomic E-state index is 0.0583. The first-order chi connectivity index (χ1) is 12.1. The number of halogens is 2. The summed E-state index contributed by atoms with van der Waals surface area (Å²) in [7, 11) is 0. The molecule has 1 saturated heterocycles. The van der Waals surface area contributed by atoms with Crippen LogP contribution < -0.4 is 0 Å². The SMILES string of the molecule is CCCCc1ccc(C(=O)N2CCS[C@H]2c2ccc(Cl)cc2Cl)cc1. The van der Waals surface area contributed by atoms with E-state index < -0.39 is 0 Å². The molecule has 0 unspecified atom stereocenters. The molecule has 25 heavy (non-hydrogen) atoms. The summed E-state index contributed by atoms with van der Waals surface area (Å²) in [4.78, 5) is 14.9. The third-order valence-electron chi connectivity index (χ3n) is 4.40. The number of benzene rings is 2. The average Bonchev–Trinajstić information content (AvgIpc) is 3.09. The van der Waals surface area contributed by atoms with Crippen LogP contribution in [-0.4, -0.2) is 23.1 Å². The van der Waals surface area contributed by atoms with Gasteiger partial charge in [-0.3, -0.25) is 4.79 Å². The molecule has 132 valence electrons. The maximum atomic E-state index is 13.0. The van der Waals surface area contributed by atoms with Gasteiger partial charge in [0.1, 0.15) is 5.37 Å². The molecule has 1 atom stereocenters. The molecule has 0 radical (unpaired) electrons. The molecule has 2 aromatic rings. The Morgan fingerprint density at radius 3 is 2.64 bits per heavy atom. The molecular weight excluding hydrogens is 373 g/mol. The highest BCUT2D eigenvalue weighted by Crippen LogP contribution is 2.42. The highest BCUT2D eigenvalue weighted by Gasteiger charge is 2.32. The molecule has 1 heterocycles. The van der Waals surface area contributed by atoms with Gasteiger partial charge < -0.3 is 4.90 Å². The molecule has 2 aromatic carbocycles. The van der Waals surface area contributed by atoms with Crippen molar-refractivity contribution in [2.75, 3.05) is 12.3 Å². The van der Waals surface area contributed by atoms with E-state index in [-0.39, 0.29) is 11.3 Å². The number of unbranched alkanes of at least 4 members (excludes halogenated alkanes) is 1. The van der Waals surface area contributed by atoms with Crippen molar-refractivity contribution in [2.45, 2.75) is 31.6 Å². The van der Waals surface area contributed by atoms with E-state index in [0.29, 0.717) is 10.0 Å². The zero-order valence-electron chi connectivity index (χ0n) is 14.2. The van der Waals surface area contributed by atoms with E-state index in [1.807, 2.05) is 29.2 Å². The lowest BCUT2D eigenvalue weighted by Gasteiger charge is -2.25. The number of thioether (sulfide) groups is 1. The molecule has 0 aromatic heterocycles. The Kier molecular flexibility index (Phi) is 6.32. The number of hydrogen-bond donors (Lipinski definition) is 0. The molecule has 1 aliphatic rings. The summed E-state index contributed by atoms with van der Waals surface area (Å²) in [6, 6.07) is 13.5. The van der Waals surface area contributed by atoms with E-state index in [1.165, 1.54) is 18.4 Å². The predicted octanol–water partition coefficient (Wildman–Crippen LogP) is 6.22. The van der Waals surface area contributed by atoms with Gasteiger partial charge in [0.05, 0.1) is 0 Å². The van der Waals surface area contributed by atoms with E-state index in [2.05, 4.69) is 19.1 Å². The van der Waals surface area contributed by atoms with Crippen LogP contribution >= 0.6 is 35.0 Å². The summed E-state index contributed by atoms with van der Waals surface area (Å²) in [5.41, 5.74) is 2.96. The molecule has 3 rings (SSSR count). The lowest BCUT2D eigenvalue weighted by Crippen LogP contribution is -2.30. The van der Waals surface area contributed by atoms with Crippen molar-refractivity contribution in [3.63, 3.8) is 0 Å². The van der Waals surface area contributed by atoms with Crippen molar-refractivity contribution in [3.05, 3.63) is 69.2 Å². The lowest BCUT2D eigenvalue weighted by atomic mass is 10.1. The van der Waals surface area contributed by atoms with Crippen molar-refractivity contribution >= 4 is 40.9 Å². The highest BCUT2D eigenvalue weighted by molar-refractivity contribution is 7.99. The second-order valence-electron chi connectivity index (χ2n) is 6.19. The molecule has 1 aliphatic heterocycles. The van der Waals surface area contributed by atoms with Crippen LogP contribution in [0.3, 0.4) is 0 Å². The molecule has 5 heteroatoms. The molecule has 1 fully saturated rings. The lowest BCUT2D eigenvalue weighted by molar-refractivity contribution is 0.0760. The number of carbonyl (C=O) groups excluding carboxylic acids is 1. The standard InChI is InChI=1S/C20H21Cl2NOS/c1-2-3-4-14-5-7-15(8-6-14)19(24)23-11-12-25-20(23)17-10-9-16(21)13-18(17)22/h5-10,13,20H,2-4,11-12H2,1H3/t20-/m0/s1. The van der Waals surface area contributed by atoms with Crippen molar-refractivity contribution in [1.82, 2.24) is 4.90 Å². The van der Waals surface area contributed by atoms with Gasteiger partial charge in [0.25, 0.3) is 5.91 Å². The van der Waals surface area contributed by atoms with Gasteiger partial charge in [0, 0.05) is 33.5 Å². The van der Waals surface area contributed by atoms with Gasteiger partial charge in [0.2, 0.25) is 0 Å². The summed E-state index contributed by atoms with van der Waals surface area (Å²) in [6.45, 7) is 2.91. The summed E-state index contributed by atoms with van der Waals surface area (Å²) in [5.74, 6) is 0.965. The topological polar surface area (TPSA) is 20.3 Å². The van der Waals surface area contributed by atoms with Gasteiger partial charge in [0.15, 0.2) is 0 Å². The highest BCUT2D eigenvalue weighted by atomic mass is 35.5. The zero-order chi connectivity index (χ0) is 17.8. The first-order valence-electron chi connectivity index (χ1n) is 8.56. The van der Waals surface area contributed by atoms with Crippen LogP contribution in [0.1, 0.15) is 46.6 Å². The monoisotopic (exact) mass is 393 g/mol. The molecule has 0 N–H and O–H groups in total. The maximum absolute atomic E-state index is 13.0. The number of hydrogen-bond acceptors (Lipinski definition) is 2. The maximum Gasteiger partial charge on any atom is 0.255 e. The number of rotatable bonds is 5. The Balaban J connectivity index is 1.78. The van der Waals surface area contributed by atoms with E-state index >= 15 is 0 Å². The minimum atomic E-state index is -0.0583. The fourth-order valence-electron chi connectivity index (χ4n) is 3.00. The van der Waals surface area contributed by atoms with E-state index in [0.717, 1.165) is 29.8 Å². The van der Waals surface area contributed by atoms with Crippen LogP contribution in [-0.2, 0) is 6.42 Å². The van der Waals surface area contributed by atoms with Crippen LogP contribution in [0, 0.1) is 0 Å². The van der Waals surface area contributed by atoms with Gasteiger partial charge >= 0.3 is 0 Å². The molecule has 0 saturated carbocycles. The van der Waals surface area contributed by atoms with Crippen LogP contribution in [0.2, 0.25) is 10.0 Å². The smallest absolute Gasteiger partial charge is 0.255 e. The molecular formula is C20H21Cl2NOS. The predicted molar refractivity (Wildman–Crippen MR) is 108 cm³/mol. The van der Waals surface area contributed by atoms with Crippen LogP contribution in [0.4, 0.5) is 0 Å². The first-order valence-corrected chi connectivity index (χ1v) is 10.4. The average molecular weight is 394 g/mol. The first kappa shape index (κ1) is 18.6. The van der Waals surface area contributed by atoms with Gasteiger partial charge in [-0.25, -0.2) is 0 Å². The van der Waals surface area contributed by atoms with E-state index in [1.54, 1.807) is 17.8 Å². The number of nitrogens with zero attached hydrogens (tertiary/aromatic N) is 1. The van der Waals surface area contributed by atoms with Gasteiger partial charge in [-0.05, 0) is 42.7 Å². The van der Waals surface area contributed by atoms with Gasteiger partial charge in [-0.15, -0.1) is 11.8 Å². The summed E-state index contributed by atoms with van der Waals surface area (Å²) >= 11 is 14.1. The van der Waals surface area contributed by atoms with Gasteiger partial charge in [-0.1, -0.05) is 54.7 Å². The quantitative estimate of drug-likeness (QED) is 0.600. The Labute approximate surface area is 163 Å². The number of carbonyl (C=O) groups is 1. The second-order valence-corrected chi connectivity index (χ2v) is 8.22. The summed E-state index contributed by atoms with van der Waals surface area (Å²) in [5, 5.41) is 1.16. The largest absolute Gasteiger partial charge is 0.322 e. The molecule has 0 spiro atoms. The number of aryl methyl sites for hydroxylation is 1. The fraction of sp³-hybridized carbons (Fsp3) is 0.350. The van der Waals surface area contributed by atoms with Crippen LogP contribution in [0.5, 0.6) is 0 Å². The molecule has 1 amide bonds. The number of amides is 1. The molecule has 0 aliphatic carbocycles. The third-order valence-corrected chi connectivity index (χ3v) is 6.21. The minimum Gasteiger partial charge on any atom is -0.322 e. The van der Waals surface area contributed by atoms with Crippen molar-refractivity contribution < 1.29 is 4.79 Å². The van der Waals surface area contributed by atoms with Crippen molar-refractivity contribution in [3.8, 4) is 0 Å².